The Balaban J connectivity index is 6.55. The molecule has 4 unspecified atom stereocenters. The first kappa shape index (κ1) is 35.2. The van der Waals surface area contributed by atoms with E-state index in [9.17, 15) is 26.3 Å². The van der Waals surface area contributed by atoms with Gasteiger partial charge in [0, 0.05) is 18.1 Å². The van der Waals surface area contributed by atoms with Crippen molar-refractivity contribution in [2.45, 2.75) is 153 Å². The Bertz CT molecular complexity index is 619. The molecule has 0 aromatic heterocycles. The van der Waals surface area contributed by atoms with Crippen molar-refractivity contribution in [2.75, 3.05) is 0 Å². The molecule has 35 heavy (non-hydrogen) atoms. The highest BCUT2D eigenvalue weighted by Gasteiger charge is 2.56. The highest BCUT2D eigenvalue weighted by molar-refractivity contribution is 6.79. The summed E-state index contributed by atoms with van der Waals surface area (Å²) in [5.74, 6) is 0. The minimum absolute atomic E-state index is 0.0787. The van der Waals surface area contributed by atoms with Crippen LogP contribution < -0.4 is 0 Å². The van der Waals surface area contributed by atoms with Crippen molar-refractivity contribution >= 4 is 25.4 Å². The first-order valence-electron chi connectivity index (χ1n) is 13.2. The van der Waals surface area contributed by atoms with E-state index < -0.39 is 61.1 Å². The van der Waals surface area contributed by atoms with Crippen LogP contribution in [-0.4, -0.2) is 48.2 Å². The molecule has 0 N–H and O–H groups in total. The van der Waals surface area contributed by atoms with Crippen molar-refractivity contribution in [3.63, 3.8) is 0 Å². The van der Waals surface area contributed by atoms with Crippen molar-refractivity contribution in [1.29, 1.82) is 0 Å². The fraction of sp³-hybridized carbons (Fsp3) is 1.00. The second-order valence-electron chi connectivity index (χ2n) is 11.4. The van der Waals surface area contributed by atoms with E-state index in [1.165, 1.54) is 0 Å². The number of alkyl halides is 6. The van der Waals surface area contributed by atoms with Gasteiger partial charge in [-0.25, -0.2) is 0 Å². The largest absolute Gasteiger partial charge is 0.412 e. The lowest BCUT2D eigenvalue weighted by atomic mass is 10.2. The van der Waals surface area contributed by atoms with Gasteiger partial charge < -0.3 is 8.85 Å². The Kier molecular flexibility index (Phi) is 13.9. The highest BCUT2D eigenvalue weighted by Crippen LogP contribution is 2.44. The van der Waals surface area contributed by atoms with E-state index in [0.717, 1.165) is 25.7 Å². The molecule has 0 aromatic carbocycles. The Labute approximate surface area is 213 Å². The van der Waals surface area contributed by atoms with Crippen molar-refractivity contribution < 1.29 is 35.2 Å². The minimum atomic E-state index is -4.33. The van der Waals surface area contributed by atoms with Gasteiger partial charge in [0.1, 0.15) is 0 Å². The van der Waals surface area contributed by atoms with Crippen molar-refractivity contribution in [2.24, 2.45) is 0 Å². The van der Waals surface area contributed by atoms with Crippen molar-refractivity contribution in [3.05, 3.63) is 0 Å². The van der Waals surface area contributed by atoms with Gasteiger partial charge in [-0.05, 0) is 57.9 Å². The Morgan fingerprint density at radius 3 is 1.54 bits per heavy atom. The summed E-state index contributed by atoms with van der Waals surface area (Å²) in [4.78, 5) is 0. The van der Waals surface area contributed by atoms with Gasteiger partial charge in [0.05, 0.1) is 14.0 Å². The van der Waals surface area contributed by atoms with Crippen molar-refractivity contribution in [3.8, 4) is 0 Å². The molecule has 0 radical (unpaired) electrons. The van der Waals surface area contributed by atoms with Crippen LogP contribution in [0.1, 0.15) is 86.0 Å². The van der Waals surface area contributed by atoms with Crippen molar-refractivity contribution in [1.82, 2.24) is 0 Å². The lowest BCUT2D eigenvalue weighted by molar-refractivity contribution is -0.133. The van der Waals surface area contributed by atoms with Crippen LogP contribution in [0.3, 0.4) is 0 Å². The van der Waals surface area contributed by atoms with E-state index in [2.05, 4.69) is 13.1 Å². The maximum absolute atomic E-state index is 13.5. The minimum Gasteiger partial charge on any atom is -0.412 e. The summed E-state index contributed by atoms with van der Waals surface area (Å²) in [6.07, 6.45) is -6.18. The smallest absolute Gasteiger partial charge is 0.388 e. The quantitative estimate of drug-likeness (QED) is 0.128. The molecule has 0 heterocycles. The molecule has 4 atom stereocenters. The van der Waals surface area contributed by atoms with Gasteiger partial charge in [0.25, 0.3) is 0 Å². The van der Waals surface area contributed by atoms with E-state index in [0.29, 0.717) is 18.9 Å². The van der Waals surface area contributed by atoms with Crippen LogP contribution in [-0.2, 0) is 8.85 Å². The number of rotatable bonds is 17. The average molecular weight is 569 g/mol. The van der Waals surface area contributed by atoms with Crippen LogP contribution in [0, 0.1) is 0 Å². The molecule has 0 spiro atoms. The van der Waals surface area contributed by atoms with Gasteiger partial charge in [0.2, 0.25) is 8.32 Å². The zero-order valence-electron chi connectivity index (χ0n) is 23.4. The maximum Gasteiger partial charge on any atom is 0.388 e. The Morgan fingerprint density at radius 2 is 1.14 bits per heavy atom. The van der Waals surface area contributed by atoms with Gasteiger partial charge in [-0.3, -0.25) is 0 Å². The molecule has 0 aliphatic heterocycles. The van der Waals surface area contributed by atoms with Crippen LogP contribution in [0.2, 0.25) is 44.3 Å². The van der Waals surface area contributed by atoms with E-state index in [4.69, 9.17) is 8.85 Å². The molecule has 212 valence electrons. The summed E-state index contributed by atoms with van der Waals surface area (Å²) in [6.45, 7) is 17.8. The Morgan fingerprint density at radius 1 is 0.657 bits per heavy atom. The van der Waals surface area contributed by atoms with Gasteiger partial charge in [-0.2, -0.15) is 26.3 Å². The van der Waals surface area contributed by atoms with E-state index in [-0.39, 0.29) is 12.1 Å². The fourth-order valence-corrected chi connectivity index (χ4v) is 16.2. The second-order valence-corrected chi connectivity index (χ2v) is 23.3. The van der Waals surface area contributed by atoms with Crippen LogP contribution >= 0.6 is 0 Å². The third-order valence-electron chi connectivity index (χ3n) is 7.63. The van der Waals surface area contributed by atoms with E-state index >= 15 is 0 Å². The molecule has 0 aromatic rings. The fourth-order valence-electron chi connectivity index (χ4n) is 4.90. The Hall–Kier alpha value is 0.151. The zero-order valence-corrected chi connectivity index (χ0v) is 26.6. The van der Waals surface area contributed by atoms with Crippen LogP contribution in [0.25, 0.3) is 0 Å². The molecule has 0 amide bonds. The first-order chi connectivity index (χ1) is 15.7. The number of unbranched alkanes of at least 4 members (excludes halogenated alkanes) is 1. The molecule has 0 fully saturated rings. The molecule has 0 saturated heterocycles. The third-order valence-corrected chi connectivity index (χ3v) is 19.3. The van der Waals surface area contributed by atoms with Crippen LogP contribution in [0.5, 0.6) is 0 Å². The molecular weight excluding hydrogens is 519 g/mol. The first-order valence-corrected chi connectivity index (χ1v) is 21.6. The molecule has 0 saturated carbocycles. The summed E-state index contributed by atoms with van der Waals surface area (Å²) in [5.41, 5.74) is 0. The van der Waals surface area contributed by atoms with Crippen LogP contribution in [0.15, 0.2) is 0 Å². The summed E-state index contributed by atoms with van der Waals surface area (Å²) < 4.78 is 93.8. The maximum atomic E-state index is 13.5. The van der Waals surface area contributed by atoms with Crippen LogP contribution in [0.4, 0.5) is 26.3 Å². The third kappa shape index (κ3) is 12.0. The highest BCUT2D eigenvalue weighted by atomic mass is 28.4. The lowest BCUT2D eigenvalue weighted by Crippen LogP contribution is -2.66. The monoisotopic (exact) mass is 568 g/mol. The average Bonchev–Trinajstić information content (AvgIpc) is 2.68. The predicted octanol–water partition coefficient (Wildman–Crippen LogP) is 9.56. The van der Waals surface area contributed by atoms with Gasteiger partial charge in [0.15, 0.2) is 8.32 Å². The molecule has 0 rings (SSSR count). The molecule has 0 aliphatic rings. The lowest BCUT2D eigenvalue weighted by Gasteiger charge is -2.53. The molecular formula is C24H50F6O2Si3. The molecule has 2 nitrogen and oxygen atoms in total. The summed E-state index contributed by atoms with van der Waals surface area (Å²) in [7, 11) is -7.59. The number of hydrogen-bond donors (Lipinski definition) is 0. The van der Waals surface area contributed by atoms with E-state index in [1.54, 1.807) is 0 Å². The normalized spacial score (nSPS) is 20.2. The molecule has 0 aliphatic carbocycles. The standard InChI is InChI=1S/C24H50F6O2Si3/c1-10-13-18-34(8,19-16-23(25,26)27)32-22(5,15-12-3)35(9,20-17-24(28,29)30)31-21(4,14-11-2)33(6)7/h33H,10-20H2,1-9H3. The SMILES string of the molecule is CCCC[Si](C)(CCC(F)(F)F)OC(C)(CCC)[Si](C)(CCC(F)(F)F)OC(C)(CCC)[SiH](C)C. The number of hydrogen-bond acceptors (Lipinski definition) is 2. The van der Waals surface area contributed by atoms with Gasteiger partial charge in [-0.1, -0.05) is 59.5 Å². The van der Waals surface area contributed by atoms with Gasteiger partial charge in [-0.15, -0.1) is 0 Å². The number of halogens is 6. The predicted molar refractivity (Wildman–Crippen MR) is 142 cm³/mol. The summed E-state index contributed by atoms with van der Waals surface area (Å²) in [6, 6.07) is 0.337. The summed E-state index contributed by atoms with van der Waals surface area (Å²) in [5, 5.41) is -1.49. The van der Waals surface area contributed by atoms with E-state index in [1.807, 2.05) is 47.7 Å². The van der Waals surface area contributed by atoms with Gasteiger partial charge >= 0.3 is 12.4 Å². The summed E-state index contributed by atoms with van der Waals surface area (Å²) >= 11 is 0. The molecule has 0 bridgehead atoms. The molecule has 11 heteroatoms. The topological polar surface area (TPSA) is 18.5 Å². The second kappa shape index (κ2) is 13.8. The zero-order chi connectivity index (χ0) is 27.8.